The van der Waals surface area contributed by atoms with Gasteiger partial charge < -0.3 is 9.72 Å². The Morgan fingerprint density at radius 3 is 2.23 bits per heavy atom. The van der Waals surface area contributed by atoms with Crippen LogP contribution in [0.3, 0.4) is 0 Å². The van der Waals surface area contributed by atoms with Crippen molar-refractivity contribution in [2.24, 2.45) is 0 Å². The summed E-state index contributed by atoms with van der Waals surface area (Å²) >= 11 is 0. The fraction of sp³-hybridized carbons (Fsp3) is 0.333. The highest BCUT2D eigenvalue weighted by Crippen LogP contribution is 2.47. The summed E-state index contributed by atoms with van der Waals surface area (Å²) in [6.07, 6.45) is -6.75. The van der Waals surface area contributed by atoms with E-state index in [-0.39, 0.29) is 24.7 Å². The highest BCUT2D eigenvalue weighted by atomic mass is 19.4. The minimum Gasteiger partial charge on any atom is -0.465 e. The van der Waals surface area contributed by atoms with E-state index in [2.05, 4.69) is 18.8 Å². The van der Waals surface area contributed by atoms with E-state index in [0.29, 0.717) is 22.8 Å². The molecule has 0 atom stereocenters. The highest BCUT2D eigenvalue weighted by Gasteiger charge is 2.45. The Kier molecular flexibility index (Phi) is 8.22. The number of nitrogens with one attached hydrogen (secondary N) is 1. The third kappa shape index (κ3) is 5.45. The second-order valence-corrected chi connectivity index (χ2v) is 12.4. The molecular formula is C36H34F6N4O2. The van der Waals surface area contributed by atoms with E-state index in [1.807, 2.05) is 48.9 Å². The maximum atomic E-state index is 14.2. The number of hydrogen-bond donors (Lipinski definition) is 1. The van der Waals surface area contributed by atoms with Crippen LogP contribution in [0.5, 0.6) is 0 Å². The smallest absolute Gasteiger partial charge is 0.416 e. The molecule has 12 heteroatoms. The number of alkyl halides is 6. The first-order chi connectivity index (χ1) is 22.6. The van der Waals surface area contributed by atoms with Gasteiger partial charge in [-0.3, -0.25) is 4.90 Å². The number of rotatable bonds is 7. The Morgan fingerprint density at radius 1 is 0.938 bits per heavy atom. The summed E-state index contributed by atoms with van der Waals surface area (Å²) < 4.78 is 89.6. The maximum absolute atomic E-state index is 14.2. The standard InChI is InChI=1S/C36H34F6N4O2/c1-6-20-9-8-10-21(7-2)30(20)46-31(25-13-14-26(33(47)48-5)29-24(25)15-16-43-29)27-19-45(34(3,4)32(27)44-46)18-22-11-12-23(35(37,38)39)17-28(22)36(40,41)42/h8-17,43H,6-7,18-19H2,1-5H3. The molecule has 5 aromatic rings. The molecule has 1 N–H and O–H groups in total. The molecule has 1 aliphatic heterocycles. The number of ether oxygens (including phenoxy) is 1. The molecule has 1 aliphatic rings. The molecule has 0 bridgehead atoms. The van der Waals surface area contributed by atoms with Crippen molar-refractivity contribution in [1.82, 2.24) is 19.7 Å². The molecule has 2 aromatic heterocycles. The number of aromatic nitrogens is 3. The molecule has 3 heterocycles. The van der Waals surface area contributed by atoms with E-state index in [4.69, 9.17) is 9.84 Å². The Labute approximate surface area is 273 Å². The topological polar surface area (TPSA) is 63.2 Å². The lowest BCUT2D eigenvalue weighted by atomic mass is 9.96. The quantitative estimate of drug-likeness (QED) is 0.139. The third-order valence-electron chi connectivity index (χ3n) is 9.37. The minimum atomic E-state index is -4.99. The molecule has 0 saturated heterocycles. The van der Waals surface area contributed by atoms with Crippen molar-refractivity contribution in [2.45, 2.75) is 71.5 Å². The van der Waals surface area contributed by atoms with Crippen molar-refractivity contribution in [3.8, 4) is 16.9 Å². The first-order valence-electron chi connectivity index (χ1n) is 15.6. The van der Waals surface area contributed by atoms with E-state index in [0.717, 1.165) is 57.9 Å². The van der Waals surface area contributed by atoms with Crippen molar-refractivity contribution in [1.29, 1.82) is 0 Å². The summed E-state index contributed by atoms with van der Waals surface area (Å²) in [5.74, 6) is -0.512. The number of aryl methyl sites for hydroxylation is 2. The van der Waals surface area contributed by atoms with Crippen LogP contribution in [-0.2, 0) is 48.6 Å². The van der Waals surface area contributed by atoms with Crippen molar-refractivity contribution < 1.29 is 35.9 Å². The molecule has 6 rings (SSSR count). The van der Waals surface area contributed by atoms with Crippen LogP contribution in [0.15, 0.2) is 60.8 Å². The van der Waals surface area contributed by atoms with Crippen molar-refractivity contribution >= 4 is 16.9 Å². The van der Waals surface area contributed by atoms with Crippen LogP contribution >= 0.6 is 0 Å². The summed E-state index contributed by atoms with van der Waals surface area (Å²) in [4.78, 5) is 17.6. The fourth-order valence-corrected chi connectivity index (χ4v) is 6.81. The number of hydrogen-bond acceptors (Lipinski definition) is 4. The Morgan fingerprint density at radius 2 is 1.62 bits per heavy atom. The number of fused-ring (bicyclic) bond motifs is 2. The van der Waals surface area contributed by atoms with Gasteiger partial charge >= 0.3 is 18.3 Å². The van der Waals surface area contributed by atoms with Crippen molar-refractivity contribution in [3.63, 3.8) is 0 Å². The number of aromatic amines is 1. The second-order valence-electron chi connectivity index (χ2n) is 12.4. The van der Waals surface area contributed by atoms with Crippen LogP contribution < -0.4 is 0 Å². The molecule has 48 heavy (non-hydrogen) atoms. The van der Waals surface area contributed by atoms with Crippen LogP contribution in [-0.4, -0.2) is 32.7 Å². The van der Waals surface area contributed by atoms with Crippen molar-refractivity contribution in [3.05, 3.63) is 105 Å². The minimum absolute atomic E-state index is 0.177. The van der Waals surface area contributed by atoms with Crippen LogP contribution in [0, 0.1) is 0 Å². The van der Waals surface area contributed by atoms with Crippen LogP contribution in [0.4, 0.5) is 26.3 Å². The average Bonchev–Trinajstić information content (AvgIpc) is 3.73. The van der Waals surface area contributed by atoms with Crippen LogP contribution in [0.1, 0.15) is 77.1 Å². The monoisotopic (exact) mass is 668 g/mol. The van der Waals surface area contributed by atoms with Gasteiger partial charge in [0, 0.05) is 35.8 Å². The molecule has 3 aromatic carbocycles. The molecule has 0 saturated carbocycles. The summed E-state index contributed by atoms with van der Waals surface area (Å²) in [5.41, 5.74) is 3.00. The zero-order chi connectivity index (χ0) is 34.8. The zero-order valence-electron chi connectivity index (χ0n) is 27.0. The van der Waals surface area contributed by atoms with Gasteiger partial charge in [0.15, 0.2) is 0 Å². The lowest BCUT2D eigenvalue weighted by molar-refractivity contribution is -0.143. The van der Waals surface area contributed by atoms with Gasteiger partial charge in [0.2, 0.25) is 0 Å². The Bertz CT molecular complexity index is 2010. The van der Waals surface area contributed by atoms with Gasteiger partial charge in [-0.05, 0) is 67.6 Å². The van der Waals surface area contributed by atoms with Gasteiger partial charge in [-0.2, -0.15) is 31.4 Å². The Balaban J connectivity index is 1.56. The summed E-state index contributed by atoms with van der Waals surface area (Å²) in [7, 11) is 1.30. The number of carbonyl (C=O) groups excluding carboxylic acids is 1. The van der Waals surface area contributed by atoms with E-state index < -0.39 is 35.0 Å². The third-order valence-corrected chi connectivity index (χ3v) is 9.37. The second kappa shape index (κ2) is 11.8. The summed E-state index contributed by atoms with van der Waals surface area (Å²) in [6.45, 7) is 7.74. The van der Waals surface area contributed by atoms with Gasteiger partial charge in [0.25, 0.3) is 0 Å². The lowest BCUT2D eigenvalue weighted by Gasteiger charge is -2.33. The highest BCUT2D eigenvalue weighted by molar-refractivity contribution is 6.08. The van der Waals surface area contributed by atoms with E-state index >= 15 is 0 Å². The number of benzene rings is 3. The summed E-state index contributed by atoms with van der Waals surface area (Å²) in [6, 6.07) is 13.2. The van der Waals surface area contributed by atoms with E-state index in [9.17, 15) is 31.1 Å². The van der Waals surface area contributed by atoms with Gasteiger partial charge in [-0.25, -0.2) is 9.48 Å². The maximum Gasteiger partial charge on any atom is 0.416 e. The van der Waals surface area contributed by atoms with E-state index in [1.165, 1.54) is 7.11 Å². The molecule has 0 fully saturated rings. The zero-order valence-corrected chi connectivity index (χ0v) is 27.0. The van der Waals surface area contributed by atoms with Crippen molar-refractivity contribution in [2.75, 3.05) is 7.11 Å². The lowest BCUT2D eigenvalue weighted by Crippen LogP contribution is -2.36. The fourth-order valence-electron chi connectivity index (χ4n) is 6.81. The molecule has 252 valence electrons. The number of halogens is 6. The predicted molar refractivity (Wildman–Crippen MR) is 170 cm³/mol. The number of methoxy groups -OCH3 is 1. The molecule has 0 unspecified atom stereocenters. The molecule has 0 spiro atoms. The SMILES string of the molecule is CCc1cccc(CC)c1-n1nc2c(c1-c1ccc(C(=O)OC)c3[nH]ccc13)CN(Cc1ccc(C(F)(F)F)cc1C(F)(F)F)C2(C)C. The van der Waals surface area contributed by atoms with Gasteiger partial charge in [-0.1, -0.05) is 44.2 Å². The number of esters is 1. The first-order valence-corrected chi connectivity index (χ1v) is 15.6. The molecular weight excluding hydrogens is 634 g/mol. The van der Waals surface area contributed by atoms with Gasteiger partial charge in [0.1, 0.15) is 0 Å². The first kappa shape index (κ1) is 33.3. The number of carbonyl (C=O) groups is 1. The molecule has 0 aliphatic carbocycles. The predicted octanol–water partition coefficient (Wildman–Crippen LogP) is 9.22. The number of nitrogens with zero attached hydrogens (tertiary/aromatic N) is 3. The average molecular weight is 669 g/mol. The normalized spacial score (nSPS) is 14.9. The number of para-hydroxylation sites is 1. The van der Waals surface area contributed by atoms with Crippen LogP contribution in [0.25, 0.3) is 27.8 Å². The summed E-state index contributed by atoms with van der Waals surface area (Å²) in [5, 5.41) is 5.91. The molecule has 0 amide bonds. The van der Waals surface area contributed by atoms with E-state index in [1.54, 1.807) is 17.2 Å². The van der Waals surface area contributed by atoms with Gasteiger partial charge in [-0.15, -0.1) is 0 Å². The molecule has 6 nitrogen and oxygen atoms in total. The number of H-pyrrole nitrogens is 1. The molecule has 0 radical (unpaired) electrons. The largest absolute Gasteiger partial charge is 0.465 e. The van der Waals surface area contributed by atoms with Gasteiger partial charge in [0.05, 0.1) is 51.9 Å². The van der Waals surface area contributed by atoms with Crippen LogP contribution in [0.2, 0.25) is 0 Å². The Hall–Kier alpha value is -4.58.